The van der Waals surface area contributed by atoms with Crippen molar-refractivity contribution in [2.75, 3.05) is 5.75 Å². The molecule has 17 heavy (non-hydrogen) atoms. The molecule has 0 amide bonds. The number of benzene rings is 1. The zero-order chi connectivity index (χ0) is 12.9. The molecule has 1 aromatic rings. The van der Waals surface area contributed by atoms with E-state index in [0.717, 1.165) is 17.9 Å². The predicted molar refractivity (Wildman–Crippen MR) is 77.8 cm³/mol. The van der Waals surface area contributed by atoms with Crippen LogP contribution < -0.4 is 11.5 Å². The third-order valence-electron chi connectivity index (χ3n) is 2.13. The van der Waals surface area contributed by atoms with E-state index >= 15 is 0 Å². The van der Waals surface area contributed by atoms with Crippen LogP contribution in [0.5, 0.6) is 0 Å². The molecular weight excluding hydrogens is 230 g/mol. The Morgan fingerprint density at radius 2 is 1.88 bits per heavy atom. The number of hydrogen-bond donors (Lipinski definition) is 2. The summed E-state index contributed by atoms with van der Waals surface area (Å²) >= 11 is 1.55. The minimum atomic E-state index is -0.179. The van der Waals surface area contributed by atoms with E-state index in [4.69, 9.17) is 11.5 Å². The first kappa shape index (κ1) is 14.1. The van der Waals surface area contributed by atoms with E-state index in [1.54, 1.807) is 11.8 Å². The van der Waals surface area contributed by atoms with Gasteiger partial charge >= 0.3 is 0 Å². The molecule has 0 aliphatic carbocycles. The largest absolute Gasteiger partial charge is 0.378 e. The summed E-state index contributed by atoms with van der Waals surface area (Å²) in [4.78, 5) is 4.31. The molecule has 0 fully saturated rings. The van der Waals surface area contributed by atoms with Gasteiger partial charge in [0.2, 0.25) is 0 Å². The predicted octanol–water partition coefficient (Wildman–Crippen LogP) is 2.67. The summed E-state index contributed by atoms with van der Waals surface area (Å²) in [7, 11) is 0. The Kier molecular flexibility index (Phi) is 5.02. The molecule has 0 unspecified atom stereocenters. The fourth-order valence-corrected chi connectivity index (χ4v) is 1.99. The first-order chi connectivity index (χ1) is 7.90. The second-order valence-corrected chi connectivity index (χ2v) is 6.00. The number of rotatable bonds is 4. The number of nitrogens with zero attached hydrogens (tertiary/aromatic N) is 1. The van der Waals surface area contributed by atoms with Crippen molar-refractivity contribution >= 4 is 22.6 Å². The van der Waals surface area contributed by atoms with E-state index in [2.05, 4.69) is 24.0 Å². The van der Waals surface area contributed by atoms with Crippen LogP contribution in [0.25, 0.3) is 0 Å². The van der Waals surface area contributed by atoms with Crippen LogP contribution in [-0.2, 0) is 6.42 Å². The highest BCUT2D eigenvalue weighted by Crippen LogP contribution is 2.17. The van der Waals surface area contributed by atoms with Crippen molar-refractivity contribution in [3.63, 3.8) is 0 Å². The lowest BCUT2D eigenvalue weighted by Gasteiger charge is -2.18. The van der Waals surface area contributed by atoms with E-state index in [9.17, 15) is 0 Å². The molecule has 0 atom stereocenters. The Morgan fingerprint density at radius 3 is 2.35 bits per heavy atom. The van der Waals surface area contributed by atoms with Crippen molar-refractivity contribution < 1.29 is 0 Å². The quantitative estimate of drug-likeness (QED) is 0.638. The maximum absolute atomic E-state index is 5.97. The highest BCUT2D eigenvalue weighted by atomic mass is 32.2. The third kappa shape index (κ3) is 5.75. The van der Waals surface area contributed by atoms with Crippen LogP contribution in [0.2, 0.25) is 0 Å². The molecule has 1 aromatic carbocycles. The molecule has 0 bridgehead atoms. The molecule has 0 saturated heterocycles. The average molecular weight is 251 g/mol. The average Bonchev–Trinajstić information content (AvgIpc) is 2.19. The number of hydrogen-bond acceptors (Lipinski definition) is 3. The van der Waals surface area contributed by atoms with Gasteiger partial charge in [0.25, 0.3) is 0 Å². The van der Waals surface area contributed by atoms with Gasteiger partial charge in [-0.25, -0.2) is 4.99 Å². The summed E-state index contributed by atoms with van der Waals surface area (Å²) in [6.45, 7) is 6.10. The summed E-state index contributed by atoms with van der Waals surface area (Å²) in [5, 5.41) is 0.611. The number of thioether (sulfide) groups is 1. The van der Waals surface area contributed by atoms with Gasteiger partial charge in [0.05, 0.1) is 5.69 Å². The summed E-state index contributed by atoms with van der Waals surface area (Å²) in [6.07, 6.45) is 0.857. The Labute approximate surface area is 108 Å². The van der Waals surface area contributed by atoms with E-state index in [1.807, 2.05) is 26.0 Å². The van der Waals surface area contributed by atoms with Gasteiger partial charge < -0.3 is 11.5 Å². The molecule has 0 aliphatic heterocycles. The van der Waals surface area contributed by atoms with Gasteiger partial charge in [0.1, 0.15) is 0 Å². The number of aliphatic imine (C=N–C) groups is 1. The van der Waals surface area contributed by atoms with Crippen LogP contribution in [0.1, 0.15) is 26.3 Å². The Hall–Kier alpha value is -1.00. The summed E-state index contributed by atoms with van der Waals surface area (Å²) in [5.41, 5.74) is 13.7. The van der Waals surface area contributed by atoms with Gasteiger partial charge in [-0.15, -0.1) is 0 Å². The Morgan fingerprint density at radius 1 is 1.29 bits per heavy atom. The van der Waals surface area contributed by atoms with Crippen molar-refractivity contribution in [1.82, 2.24) is 0 Å². The molecule has 1 rings (SSSR count). The van der Waals surface area contributed by atoms with Crippen LogP contribution in [-0.4, -0.2) is 16.5 Å². The topological polar surface area (TPSA) is 64.4 Å². The van der Waals surface area contributed by atoms with Gasteiger partial charge in [-0.3, -0.25) is 0 Å². The van der Waals surface area contributed by atoms with Gasteiger partial charge in [-0.1, -0.05) is 30.8 Å². The Bertz CT molecular complexity index is 377. The zero-order valence-electron chi connectivity index (χ0n) is 10.7. The van der Waals surface area contributed by atoms with E-state index in [1.165, 1.54) is 5.56 Å². The third-order valence-corrected chi connectivity index (χ3v) is 2.80. The lowest BCUT2D eigenvalue weighted by Crippen LogP contribution is -2.34. The van der Waals surface area contributed by atoms with Crippen LogP contribution in [0.4, 0.5) is 5.69 Å². The normalized spacial score (nSPS) is 12.8. The lowest BCUT2D eigenvalue weighted by molar-refractivity contribution is 0.517. The maximum atomic E-state index is 5.97. The molecule has 0 aliphatic rings. The molecule has 4 N–H and O–H groups in total. The molecule has 0 heterocycles. The second-order valence-electron chi connectivity index (χ2n) is 4.71. The van der Waals surface area contributed by atoms with Crippen molar-refractivity contribution in [3.8, 4) is 0 Å². The van der Waals surface area contributed by atoms with Gasteiger partial charge in [0.15, 0.2) is 5.17 Å². The summed E-state index contributed by atoms with van der Waals surface area (Å²) in [5.74, 6) is 0.939. The van der Waals surface area contributed by atoms with Crippen molar-refractivity contribution in [3.05, 3.63) is 29.8 Å². The first-order valence-electron chi connectivity index (χ1n) is 5.75. The van der Waals surface area contributed by atoms with Crippen molar-refractivity contribution in [2.45, 2.75) is 32.7 Å². The van der Waals surface area contributed by atoms with E-state index < -0.39 is 0 Å². The molecule has 4 heteroatoms. The molecule has 0 saturated carbocycles. The minimum absolute atomic E-state index is 0.179. The van der Waals surface area contributed by atoms with Crippen LogP contribution in [0, 0.1) is 0 Å². The van der Waals surface area contributed by atoms with Gasteiger partial charge in [-0.2, -0.15) is 0 Å². The zero-order valence-corrected chi connectivity index (χ0v) is 11.6. The molecular formula is C13H21N3S. The molecule has 0 spiro atoms. The second kappa shape index (κ2) is 6.07. The Balaban J connectivity index is 2.71. The lowest BCUT2D eigenvalue weighted by atomic mass is 9.96. The van der Waals surface area contributed by atoms with Crippen LogP contribution >= 0.6 is 11.8 Å². The first-order valence-corrected chi connectivity index (χ1v) is 6.74. The fraction of sp³-hybridized carbons (Fsp3) is 0.462. The smallest absolute Gasteiger partial charge is 0.159 e. The van der Waals surface area contributed by atoms with E-state index in [-0.39, 0.29) is 5.54 Å². The summed E-state index contributed by atoms with van der Waals surface area (Å²) in [6, 6.07) is 8.06. The molecule has 0 aromatic heterocycles. The van der Waals surface area contributed by atoms with Crippen molar-refractivity contribution in [2.24, 2.45) is 16.5 Å². The van der Waals surface area contributed by atoms with Gasteiger partial charge in [-0.05, 0) is 43.7 Å². The highest BCUT2D eigenvalue weighted by Gasteiger charge is 2.11. The fourth-order valence-electron chi connectivity index (χ4n) is 1.52. The SMILES string of the molecule is CCSC(N)=Nc1ccc(CC(C)(C)N)cc1. The maximum Gasteiger partial charge on any atom is 0.159 e. The minimum Gasteiger partial charge on any atom is -0.378 e. The molecule has 3 nitrogen and oxygen atoms in total. The molecule has 94 valence electrons. The van der Waals surface area contributed by atoms with E-state index in [0.29, 0.717) is 5.17 Å². The molecule has 0 radical (unpaired) electrons. The van der Waals surface area contributed by atoms with Crippen molar-refractivity contribution in [1.29, 1.82) is 0 Å². The van der Waals surface area contributed by atoms with Crippen LogP contribution in [0.15, 0.2) is 29.3 Å². The van der Waals surface area contributed by atoms with Gasteiger partial charge in [0, 0.05) is 5.54 Å². The number of nitrogens with two attached hydrogens (primary N) is 2. The monoisotopic (exact) mass is 251 g/mol. The highest BCUT2D eigenvalue weighted by molar-refractivity contribution is 8.13. The standard InChI is InChI=1S/C13H21N3S/c1-4-17-12(14)16-11-7-5-10(6-8-11)9-13(2,3)15/h5-8H,4,9,15H2,1-3H3,(H2,14,16). The van der Waals surface area contributed by atoms with Crippen LogP contribution in [0.3, 0.4) is 0 Å². The number of amidine groups is 1. The summed E-state index contributed by atoms with van der Waals surface area (Å²) < 4.78 is 0.